The number of rotatable bonds is 2. The highest BCUT2D eigenvalue weighted by Crippen LogP contribution is 2.07. The Hall–Kier alpha value is -0.610. The quantitative estimate of drug-likeness (QED) is 0.612. The predicted octanol–water partition coefficient (Wildman–Crippen LogP) is -0.456. The highest BCUT2D eigenvalue weighted by Gasteiger charge is 2.19. The van der Waals surface area contributed by atoms with Crippen molar-refractivity contribution in [2.45, 2.75) is 31.8 Å². The van der Waals surface area contributed by atoms with Gasteiger partial charge in [-0.05, 0) is 39.9 Å². The van der Waals surface area contributed by atoms with Crippen molar-refractivity contribution in [2.24, 2.45) is 5.73 Å². The maximum Gasteiger partial charge on any atom is 0.236 e. The van der Waals surface area contributed by atoms with Gasteiger partial charge < -0.3 is 16.0 Å². The topological polar surface area (TPSA) is 58.4 Å². The normalized spacial score (nSPS) is 22.7. The average Bonchev–Trinajstić information content (AvgIpc) is 2.08. The van der Waals surface area contributed by atoms with Crippen LogP contribution in [0.25, 0.3) is 0 Å². The first-order valence-electron chi connectivity index (χ1n) is 4.84. The Bertz CT molecular complexity index is 174. The van der Waals surface area contributed by atoms with Gasteiger partial charge in [-0.2, -0.15) is 0 Å². The van der Waals surface area contributed by atoms with Crippen molar-refractivity contribution in [1.29, 1.82) is 0 Å². The van der Waals surface area contributed by atoms with Crippen molar-refractivity contribution < 1.29 is 4.79 Å². The smallest absolute Gasteiger partial charge is 0.236 e. The molecular formula is C9H19N3O. The molecule has 0 saturated carbocycles. The number of likely N-dealkylation sites (tertiary alicyclic amines) is 1. The van der Waals surface area contributed by atoms with Crippen molar-refractivity contribution in [3.05, 3.63) is 0 Å². The number of amides is 1. The van der Waals surface area contributed by atoms with Gasteiger partial charge in [0.25, 0.3) is 0 Å². The van der Waals surface area contributed by atoms with Crippen molar-refractivity contribution in [3.63, 3.8) is 0 Å². The largest absolute Gasteiger partial charge is 0.352 e. The fourth-order valence-electron chi connectivity index (χ4n) is 1.49. The van der Waals surface area contributed by atoms with Gasteiger partial charge in [-0.3, -0.25) is 4.79 Å². The third-order valence-corrected chi connectivity index (χ3v) is 2.48. The maximum atomic E-state index is 11.2. The molecule has 0 aliphatic carbocycles. The van der Waals surface area contributed by atoms with Crippen molar-refractivity contribution in [2.75, 3.05) is 20.1 Å². The Morgan fingerprint density at radius 1 is 1.54 bits per heavy atom. The van der Waals surface area contributed by atoms with E-state index < -0.39 is 0 Å². The van der Waals surface area contributed by atoms with Crippen molar-refractivity contribution in [3.8, 4) is 0 Å². The van der Waals surface area contributed by atoms with E-state index in [1.54, 1.807) is 6.92 Å². The van der Waals surface area contributed by atoms with Gasteiger partial charge in [0.05, 0.1) is 6.04 Å². The van der Waals surface area contributed by atoms with E-state index in [1.807, 2.05) is 0 Å². The second kappa shape index (κ2) is 4.58. The number of hydrogen-bond donors (Lipinski definition) is 2. The summed E-state index contributed by atoms with van der Waals surface area (Å²) in [5.74, 6) is -0.0328. The molecule has 76 valence electrons. The Balaban J connectivity index is 2.26. The van der Waals surface area contributed by atoms with E-state index in [-0.39, 0.29) is 11.9 Å². The fraction of sp³-hybridized carbons (Fsp3) is 0.889. The van der Waals surface area contributed by atoms with E-state index in [0.717, 1.165) is 25.9 Å². The van der Waals surface area contributed by atoms with E-state index in [2.05, 4.69) is 17.3 Å². The molecule has 0 radical (unpaired) electrons. The number of hydrogen-bond acceptors (Lipinski definition) is 3. The first-order valence-corrected chi connectivity index (χ1v) is 4.84. The minimum Gasteiger partial charge on any atom is -0.352 e. The first kappa shape index (κ1) is 10.5. The molecule has 4 nitrogen and oxygen atoms in total. The molecule has 0 aromatic heterocycles. The second-order valence-corrected chi connectivity index (χ2v) is 3.87. The third kappa shape index (κ3) is 3.32. The molecule has 1 aliphatic heterocycles. The zero-order chi connectivity index (χ0) is 9.84. The molecule has 1 aliphatic rings. The van der Waals surface area contributed by atoms with E-state index in [0.29, 0.717) is 6.04 Å². The van der Waals surface area contributed by atoms with E-state index in [4.69, 9.17) is 5.73 Å². The Morgan fingerprint density at radius 2 is 2.08 bits per heavy atom. The Labute approximate surface area is 79.5 Å². The van der Waals surface area contributed by atoms with Crippen LogP contribution in [-0.4, -0.2) is 43.0 Å². The van der Waals surface area contributed by atoms with Gasteiger partial charge in [0.2, 0.25) is 5.91 Å². The monoisotopic (exact) mass is 185 g/mol. The van der Waals surface area contributed by atoms with Crippen LogP contribution in [0.1, 0.15) is 19.8 Å². The summed E-state index contributed by atoms with van der Waals surface area (Å²) in [5.41, 5.74) is 5.46. The van der Waals surface area contributed by atoms with Crippen LogP contribution in [0.4, 0.5) is 0 Å². The van der Waals surface area contributed by atoms with Crippen LogP contribution >= 0.6 is 0 Å². The zero-order valence-electron chi connectivity index (χ0n) is 8.42. The van der Waals surface area contributed by atoms with Crippen molar-refractivity contribution >= 4 is 5.91 Å². The number of carbonyl (C=O) groups is 1. The lowest BCUT2D eigenvalue weighted by Gasteiger charge is -2.29. The number of nitrogens with zero attached hydrogens (tertiary/aromatic N) is 1. The second-order valence-electron chi connectivity index (χ2n) is 3.87. The summed E-state index contributed by atoms with van der Waals surface area (Å²) in [4.78, 5) is 13.5. The summed E-state index contributed by atoms with van der Waals surface area (Å²) < 4.78 is 0. The molecule has 1 fully saturated rings. The van der Waals surface area contributed by atoms with Crippen LogP contribution in [0.15, 0.2) is 0 Å². The fourth-order valence-corrected chi connectivity index (χ4v) is 1.49. The molecule has 4 heteroatoms. The highest BCUT2D eigenvalue weighted by molar-refractivity contribution is 5.81. The van der Waals surface area contributed by atoms with Gasteiger partial charge in [-0.15, -0.1) is 0 Å². The number of nitrogens with one attached hydrogen (secondary N) is 1. The molecule has 0 unspecified atom stereocenters. The van der Waals surface area contributed by atoms with E-state index in [9.17, 15) is 4.79 Å². The van der Waals surface area contributed by atoms with Crippen molar-refractivity contribution in [1.82, 2.24) is 10.2 Å². The molecule has 1 saturated heterocycles. The maximum absolute atomic E-state index is 11.2. The minimum absolute atomic E-state index is 0.0328. The lowest BCUT2D eigenvalue weighted by atomic mass is 10.1. The summed E-state index contributed by atoms with van der Waals surface area (Å²) in [5, 5.41) is 2.95. The number of piperidine rings is 1. The van der Waals surface area contributed by atoms with E-state index >= 15 is 0 Å². The Morgan fingerprint density at radius 3 is 2.54 bits per heavy atom. The molecule has 1 atom stereocenters. The molecule has 1 rings (SSSR count). The van der Waals surface area contributed by atoms with Gasteiger partial charge in [-0.1, -0.05) is 0 Å². The summed E-state index contributed by atoms with van der Waals surface area (Å²) in [6.07, 6.45) is 2.07. The number of carbonyl (C=O) groups excluding carboxylic acids is 1. The first-order chi connectivity index (χ1) is 6.09. The van der Waals surface area contributed by atoms with Crippen LogP contribution in [0.5, 0.6) is 0 Å². The van der Waals surface area contributed by atoms with Crippen LogP contribution in [0.3, 0.4) is 0 Å². The lowest BCUT2D eigenvalue weighted by molar-refractivity contribution is -0.123. The van der Waals surface area contributed by atoms with Crippen LogP contribution in [0, 0.1) is 0 Å². The predicted molar refractivity (Wildman–Crippen MR) is 52.3 cm³/mol. The van der Waals surface area contributed by atoms with Gasteiger partial charge in [0, 0.05) is 6.04 Å². The molecule has 13 heavy (non-hydrogen) atoms. The molecule has 1 heterocycles. The van der Waals surface area contributed by atoms with Crippen LogP contribution < -0.4 is 11.1 Å². The molecule has 0 aromatic carbocycles. The molecule has 0 aromatic rings. The molecular weight excluding hydrogens is 166 g/mol. The lowest BCUT2D eigenvalue weighted by Crippen LogP contribution is -2.48. The SMILES string of the molecule is C[C@H](N)C(=O)NC1CCN(C)CC1. The number of nitrogens with two attached hydrogens (primary N) is 1. The van der Waals surface area contributed by atoms with Crippen LogP contribution in [0.2, 0.25) is 0 Å². The van der Waals surface area contributed by atoms with Gasteiger partial charge in [-0.25, -0.2) is 0 Å². The molecule has 0 spiro atoms. The summed E-state index contributed by atoms with van der Waals surface area (Å²) >= 11 is 0. The molecule has 1 amide bonds. The highest BCUT2D eigenvalue weighted by atomic mass is 16.2. The Kier molecular flexibility index (Phi) is 3.69. The van der Waals surface area contributed by atoms with Crippen LogP contribution in [-0.2, 0) is 4.79 Å². The molecule has 0 bridgehead atoms. The molecule has 3 N–H and O–H groups in total. The summed E-state index contributed by atoms with van der Waals surface area (Å²) in [6.45, 7) is 3.83. The van der Waals surface area contributed by atoms with E-state index in [1.165, 1.54) is 0 Å². The third-order valence-electron chi connectivity index (χ3n) is 2.48. The average molecular weight is 185 g/mol. The summed E-state index contributed by atoms with van der Waals surface area (Å²) in [6, 6.07) is -0.0608. The zero-order valence-corrected chi connectivity index (χ0v) is 8.42. The van der Waals surface area contributed by atoms with Gasteiger partial charge >= 0.3 is 0 Å². The van der Waals surface area contributed by atoms with Gasteiger partial charge in [0.15, 0.2) is 0 Å². The summed E-state index contributed by atoms with van der Waals surface area (Å²) in [7, 11) is 2.10. The van der Waals surface area contributed by atoms with Gasteiger partial charge in [0.1, 0.15) is 0 Å². The minimum atomic E-state index is -0.389. The standard InChI is InChI=1S/C9H19N3O/c1-7(10)9(13)11-8-3-5-12(2)6-4-8/h7-8H,3-6,10H2,1-2H3,(H,11,13)/t7-/m0/s1.